The SMILES string of the molecule is CC(=O)N[C@@H]1[C@@H](O)[C@H](O)[C@@H](CO)O[C@H]1NC(=O)C[C@H](NC(C)=O)C(=O)N1CCC[C@H]1C(=O)N[C@@H](C)C(=O)N[C@@H](Cc1ccc(O)cc1)C(=O)N[C@@H](CO)C(=O)O. The number of carbonyl (C=O) groups is 8. The summed E-state index contributed by atoms with van der Waals surface area (Å²) < 4.78 is 5.49. The van der Waals surface area contributed by atoms with Gasteiger partial charge in [-0.2, -0.15) is 0 Å². The van der Waals surface area contributed by atoms with E-state index in [1.165, 1.54) is 31.2 Å². The van der Waals surface area contributed by atoms with Crippen molar-refractivity contribution in [1.82, 2.24) is 36.8 Å². The molecule has 0 bridgehead atoms. The maximum absolute atomic E-state index is 13.8. The summed E-state index contributed by atoms with van der Waals surface area (Å²) in [5, 5.41) is 72.8. The van der Waals surface area contributed by atoms with Crippen molar-refractivity contribution < 1.29 is 73.7 Å². The van der Waals surface area contributed by atoms with Gasteiger partial charge >= 0.3 is 5.97 Å². The number of hydrogen-bond acceptors (Lipinski definition) is 14. The Balaban J connectivity index is 1.71. The normalized spacial score (nSPS) is 24.0. The van der Waals surface area contributed by atoms with Gasteiger partial charge in [0.25, 0.3) is 0 Å². The van der Waals surface area contributed by atoms with E-state index in [9.17, 15) is 69.0 Å². The first kappa shape index (κ1) is 45.0. The van der Waals surface area contributed by atoms with Crippen LogP contribution in [-0.2, 0) is 49.5 Å². The average molecular weight is 796 g/mol. The van der Waals surface area contributed by atoms with Gasteiger partial charge in [-0.3, -0.25) is 33.6 Å². The molecule has 0 unspecified atom stereocenters. The third-order valence-corrected chi connectivity index (χ3v) is 9.06. The smallest absolute Gasteiger partial charge is 0.328 e. The van der Waals surface area contributed by atoms with Crippen LogP contribution in [-0.4, -0.2) is 163 Å². The molecule has 56 heavy (non-hydrogen) atoms. The molecular formula is C34H49N7O15. The Kier molecular flexibility index (Phi) is 16.5. The summed E-state index contributed by atoms with van der Waals surface area (Å²) in [5.41, 5.74) is 0.461. The molecular weight excluding hydrogens is 746 g/mol. The number of nitrogens with one attached hydrogen (secondary N) is 6. The molecule has 310 valence electrons. The summed E-state index contributed by atoms with van der Waals surface area (Å²) in [4.78, 5) is 103. The van der Waals surface area contributed by atoms with Gasteiger partial charge in [0.1, 0.15) is 60.3 Å². The topological polar surface area (TPSA) is 343 Å². The summed E-state index contributed by atoms with van der Waals surface area (Å²) in [6, 6.07) is -2.86. The number of carbonyl (C=O) groups excluding carboxylic acids is 7. The van der Waals surface area contributed by atoms with Crippen LogP contribution >= 0.6 is 0 Å². The van der Waals surface area contributed by atoms with Crippen LogP contribution in [0.1, 0.15) is 45.6 Å². The summed E-state index contributed by atoms with van der Waals surface area (Å²) in [5.74, 6) is -7.32. The van der Waals surface area contributed by atoms with Gasteiger partial charge < -0.3 is 72.2 Å². The molecule has 2 aliphatic rings. The quantitative estimate of drug-likeness (QED) is 0.0700. The number of likely N-dealkylation sites (tertiary alicyclic amines) is 1. The molecule has 2 aliphatic heterocycles. The summed E-state index contributed by atoms with van der Waals surface area (Å²) >= 11 is 0. The number of aliphatic hydroxyl groups is 4. The molecule has 10 atom stereocenters. The largest absolute Gasteiger partial charge is 0.508 e. The fourth-order valence-electron chi connectivity index (χ4n) is 6.19. The highest BCUT2D eigenvalue weighted by Gasteiger charge is 2.46. The molecule has 0 aromatic heterocycles. The van der Waals surface area contributed by atoms with E-state index < -0.39 is 128 Å². The van der Waals surface area contributed by atoms with E-state index in [1.54, 1.807) is 0 Å². The van der Waals surface area contributed by atoms with Crippen molar-refractivity contribution in [2.24, 2.45) is 0 Å². The molecule has 1 aromatic rings. The Bertz CT molecular complexity index is 1610. The van der Waals surface area contributed by atoms with E-state index >= 15 is 0 Å². The van der Waals surface area contributed by atoms with E-state index in [0.29, 0.717) is 12.0 Å². The van der Waals surface area contributed by atoms with Gasteiger partial charge in [-0.1, -0.05) is 12.1 Å². The predicted octanol–water partition coefficient (Wildman–Crippen LogP) is -5.57. The van der Waals surface area contributed by atoms with E-state index in [2.05, 4.69) is 31.9 Å². The van der Waals surface area contributed by atoms with Crippen molar-refractivity contribution in [3.8, 4) is 5.75 Å². The number of aromatic hydroxyl groups is 1. The Morgan fingerprint density at radius 2 is 1.48 bits per heavy atom. The molecule has 3 rings (SSSR count). The number of nitrogens with zero attached hydrogens (tertiary/aromatic N) is 1. The van der Waals surface area contributed by atoms with Crippen LogP contribution in [0, 0.1) is 0 Å². The summed E-state index contributed by atoms with van der Waals surface area (Å²) in [6.07, 6.45) is -6.55. The zero-order valence-electron chi connectivity index (χ0n) is 30.8. The predicted molar refractivity (Wildman–Crippen MR) is 188 cm³/mol. The monoisotopic (exact) mass is 795 g/mol. The van der Waals surface area contributed by atoms with E-state index in [0.717, 1.165) is 18.7 Å². The molecule has 1 aromatic carbocycles. The molecule has 0 aliphatic carbocycles. The number of carboxylic acid groups (broad SMARTS) is 1. The average Bonchev–Trinajstić information content (AvgIpc) is 3.63. The number of aliphatic hydroxyl groups excluding tert-OH is 4. The molecule has 0 saturated carbocycles. The third-order valence-electron chi connectivity index (χ3n) is 9.06. The molecule has 2 heterocycles. The number of benzene rings is 1. The highest BCUT2D eigenvalue weighted by atomic mass is 16.5. The van der Waals surface area contributed by atoms with Crippen molar-refractivity contribution in [3.63, 3.8) is 0 Å². The van der Waals surface area contributed by atoms with Gasteiger partial charge in [0.15, 0.2) is 6.23 Å². The van der Waals surface area contributed by atoms with Crippen molar-refractivity contribution in [3.05, 3.63) is 29.8 Å². The van der Waals surface area contributed by atoms with E-state index in [1.807, 2.05) is 0 Å². The molecule has 12 N–H and O–H groups in total. The molecule has 2 fully saturated rings. The molecule has 0 radical (unpaired) electrons. The number of amides is 7. The fraction of sp³-hybridized carbons (Fsp3) is 0.588. The maximum Gasteiger partial charge on any atom is 0.328 e. The highest BCUT2D eigenvalue weighted by molar-refractivity contribution is 5.97. The third kappa shape index (κ3) is 12.3. The van der Waals surface area contributed by atoms with Gasteiger partial charge in [-0.05, 0) is 37.5 Å². The van der Waals surface area contributed by atoms with Crippen molar-refractivity contribution in [2.75, 3.05) is 19.8 Å². The first-order valence-corrected chi connectivity index (χ1v) is 17.7. The van der Waals surface area contributed by atoms with Crippen LogP contribution in [0.25, 0.3) is 0 Å². The Hall–Kier alpha value is -5.42. The number of rotatable bonds is 17. The van der Waals surface area contributed by atoms with Gasteiger partial charge in [-0.25, -0.2) is 4.79 Å². The first-order chi connectivity index (χ1) is 26.4. The fourth-order valence-corrected chi connectivity index (χ4v) is 6.19. The maximum atomic E-state index is 13.8. The molecule has 7 amide bonds. The lowest BCUT2D eigenvalue weighted by Gasteiger charge is -2.42. The number of hydrogen-bond donors (Lipinski definition) is 12. The van der Waals surface area contributed by atoms with Crippen molar-refractivity contribution in [1.29, 1.82) is 0 Å². The van der Waals surface area contributed by atoms with Gasteiger partial charge in [0.2, 0.25) is 41.4 Å². The number of carboxylic acids is 1. The minimum absolute atomic E-state index is 0.0261. The highest BCUT2D eigenvalue weighted by Crippen LogP contribution is 2.22. The van der Waals surface area contributed by atoms with E-state index in [-0.39, 0.29) is 25.1 Å². The zero-order chi connectivity index (χ0) is 41.9. The minimum atomic E-state index is -1.68. The molecule has 22 heteroatoms. The lowest BCUT2D eigenvalue weighted by Crippen LogP contribution is -2.68. The number of phenolic OH excluding ortho intramolecular Hbond substituents is 1. The van der Waals surface area contributed by atoms with Gasteiger partial charge in [0.05, 0.1) is 19.6 Å². The Labute approximate surface area is 320 Å². The summed E-state index contributed by atoms with van der Waals surface area (Å²) in [6.45, 7) is 1.83. The lowest BCUT2D eigenvalue weighted by molar-refractivity contribution is -0.203. The van der Waals surface area contributed by atoms with Gasteiger partial charge in [0, 0.05) is 26.8 Å². The molecule has 22 nitrogen and oxygen atoms in total. The lowest BCUT2D eigenvalue weighted by atomic mass is 9.95. The number of aliphatic carboxylic acids is 1. The second-order valence-electron chi connectivity index (χ2n) is 13.4. The molecule has 0 spiro atoms. The number of phenols is 1. The number of ether oxygens (including phenoxy) is 1. The molecule has 2 saturated heterocycles. The van der Waals surface area contributed by atoms with Crippen LogP contribution in [0.3, 0.4) is 0 Å². The Morgan fingerprint density at radius 3 is 2.05 bits per heavy atom. The van der Waals surface area contributed by atoms with Crippen LogP contribution in [0.15, 0.2) is 24.3 Å². The minimum Gasteiger partial charge on any atom is -0.508 e. The van der Waals surface area contributed by atoms with Crippen molar-refractivity contribution >= 4 is 47.3 Å². The van der Waals surface area contributed by atoms with Crippen LogP contribution in [0.2, 0.25) is 0 Å². The standard InChI is InChI=1S/C34H49N7O15/c1-15(29(50)38-20(11-18-6-8-19(46)9-7-18)30(51)39-22(13-42)34(54)55)35-31(52)23-5-4-10-41(23)33(53)21(36-16(2)44)12-25(47)40-32-26(37-17(3)45)28(49)27(48)24(14-43)56-32/h6-9,15,20-24,26-28,32,42-43,46,48-49H,4-5,10-14H2,1-3H3,(H,35,52)(H,36,44)(H,37,45)(H,38,50)(H,39,51)(H,40,47)(H,54,55)/t15-,20-,21-,22-,23-,24+,26+,27+,28+,32+/m0/s1. The first-order valence-electron chi connectivity index (χ1n) is 17.7. The Morgan fingerprint density at radius 1 is 0.839 bits per heavy atom. The second kappa shape index (κ2) is 20.5. The van der Waals surface area contributed by atoms with Crippen molar-refractivity contribution in [2.45, 2.75) is 107 Å². The van der Waals surface area contributed by atoms with Gasteiger partial charge in [-0.15, -0.1) is 0 Å². The van der Waals surface area contributed by atoms with Crippen LogP contribution < -0.4 is 31.9 Å². The summed E-state index contributed by atoms with van der Waals surface area (Å²) in [7, 11) is 0. The van der Waals surface area contributed by atoms with Crippen LogP contribution in [0.5, 0.6) is 5.75 Å². The van der Waals surface area contributed by atoms with Crippen LogP contribution in [0.4, 0.5) is 0 Å². The van der Waals surface area contributed by atoms with E-state index in [4.69, 9.17) is 4.74 Å². The second-order valence-corrected chi connectivity index (χ2v) is 13.4. The zero-order valence-corrected chi connectivity index (χ0v) is 30.8.